The molecule has 2 atom stereocenters. The molecule has 2 rings (SSSR count). The quantitative estimate of drug-likeness (QED) is 0.758. The Morgan fingerprint density at radius 3 is 2.63 bits per heavy atom. The van der Waals surface area contributed by atoms with Crippen LogP contribution in [0.5, 0.6) is 5.75 Å². The third kappa shape index (κ3) is 3.73. The zero-order chi connectivity index (χ0) is 13.7. The second kappa shape index (κ2) is 6.95. The Kier molecular flexibility index (Phi) is 5.26. The van der Waals surface area contributed by atoms with Gasteiger partial charge in [-0.15, -0.1) is 0 Å². The van der Waals surface area contributed by atoms with Crippen LogP contribution in [0.1, 0.15) is 51.6 Å². The van der Waals surface area contributed by atoms with Gasteiger partial charge in [-0.05, 0) is 50.6 Å². The van der Waals surface area contributed by atoms with Gasteiger partial charge in [0.1, 0.15) is 5.75 Å². The molecule has 0 spiro atoms. The van der Waals surface area contributed by atoms with Crippen LogP contribution in [0.25, 0.3) is 0 Å². The minimum absolute atomic E-state index is 0.426. The smallest absolute Gasteiger partial charge is 0.124 e. The normalized spacial score (nSPS) is 18.1. The summed E-state index contributed by atoms with van der Waals surface area (Å²) in [5, 5.41) is 3.73. The van der Waals surface area contributed by atoms with Gasteiger partial charge in [0.25, 0.3) is 0 Å². The largest absolute Gasteiger partial charge is 0.494 e. The van der Waals surface area contributed by atoms with Crippen LogP contribution < -0.4 is 10.1 Å². The van der Waals surface area contributed by atoms with Crippen molar-refractivity contribution in [1.29, 1.82) is 0 Å². The van der Waals surface area contributed by atoms with Gasteiger partial charge < -0.3 is 10.1 Å². The Morgan fingerprint density at radius 1 is 1.26 bits per heavy atom. The standard InChI is InChI=1S/C17H27NO/c1-4-12-18-17(13(3)14-10-11-14)15-8-6-7-9-16(15)19-5-2/h6-9,13-14,17-18H,4-5,10-12H2,1-3H3. The van der Waals surface area contributed by atoms with Crippen LogP contribution in [0.2, 0.25) is 0 Å². The van der Waals surface area contributed by atoms with E-state index < -0.39 is 0 Å². The van der Waals surface area contributed by atoms with Crippen molar-refractivity contribution in [2.45, 2.75) is 46.1 Å². The van der Waals surface area contributed by atoms with E-state index in [0.717, 1.165) is 24.8 Å². The SMILES string of the molecule is CCCNC(c1ccccc1OCC)C(C)C1CC1. The van der Waals surface area contributed by atoms with Gasteiger partial charge >= 0.3 is 0 Å². The molecule has 2 heteroatoms. The second-order valence-corrected chi connectivity index (χ2v) is 5.60. The third-order valence-electron chi connectivity index (χ3n) is 4.06. The highest BCUT2D eigenvalue weighted by molar-refractivity contribution is 5.36. The van der Waals surface area contributed by atoms with Crippen LogP contribution in [-0.2, 0) is 0 Å². The molecule has 1 N–H and O–H groups in total. The molecule has 1 fully saturated rings. The van der Waals surface area contributed by atoms with E-state index in [4.69, 9.17) is 4.74 Å². The number of para-hydroxylation sites is 1. The fourth-order valence-corrected chi connectivity index (χ4v) is 2.80. The summed E-state index contributed by atoms with van der Waals surface area (Å²) in [5.41, 5.74) is 1.33. The lowest BCUT2D eigenvalue weighted by molar-refractivity contribution is 0.308. The van der Waals surface area contributed by atoms with Gasteiger partial charge in [-0.1, -0.05) is 32.0 Å². The molecular formula is C17H27NO. The van der Waals surface area contributed by atoms with Crippen LogP contribution >= 0.6 is 0 Å². The topological polar surface area (TPSA) is 21.3 Å². The second-order valence-electron chi connectivity index (χ2n) is 5.60. The molecule has 1 aromatic rings. The van der Waals surface area contributed by atoms with Crippen molar-refractivity contribution in [2.24, 2.45) is 11.8 Å². The molecule has 0 aromatic heterocycles. The maximum atomic E-state index is 5.81. The minimum atomic E-state index is 0.426. The van der Waals surface area contributed by atoms with Crippen molar-refractivity contribution < 1.29 is 4.74 Å². The van der Waals surface area contributed by atoms with E-state index in [0.29, 0.717) is 12.0 Å². The number of hydrogen-bond donors (Lipinski definition) is 1. The van der Waals surface area contributed by atoms with E-state index in [1.807, 2.05) is 0 Å². The van der Waals surface area contributed by atoms with Crippen molar-refractivity contribution >= 4 is 0 Å². The molecule has 0 aliphatic heterocycles. The first kappa shape index (κ1) is 14.4. The minimum Gasteiger partial charge on any atom is -0.494 e. The van der Waals surface area contributed by atoms with Gasteiger partial charge in [0.2, 0.25) is 0 Å². The lowest BCUT2D eigenvalue weighted by Gasteiger charge is -2.27. The number of benzene rings is 1. The summed E-state index contributed by atoms with van der Waals surface area (Å²) in [6, 6.07) is 8.93. The van der Waals surface area contributed by atoms with Crippen molar-refractivity contribution in [1.82, 2.24) is 5.32 Å². The highest BCUT2D eigenvalue weighted by atomic mass is 16.5. The van der Waals surface area contributed by atoms with Gasteiger partial charge in [-0.3, -0.25) is 0 Å². The van der Waals surface area contributed by atoms with E-state index in [-0.39, 0.29) is 0 Å². The predicted molar refractivity (Wildman–Crippen MR) is 80.5 cm³/mol. The fraction of sp³-hybridized carbons (Fsp3) is 0.647. The highest BCUT2D eigenvalue weighted by Crippen LogP contribution is 2.44. The van der Waals surface area contributed by atoms with E-state index in [1.54, 1.807) is 0 Å². The maximum absolute atomic E-state index is 5.81. The molecule has 0 saturated heterocycles. The third-order valence-corrected chi connectivity index (χ3v) is 4.06. The molecule has 1 saturated carbocycles. The van der Waals surface area contributed by atoms with Crippen molar-refractivity contribution in [3.8, 4) is 5.75 Å². The summed E-state index contributed by atoms with van der Waals surface area (Å²) >= 11 is 0. The van der Waals surface area contributed by atoms with Crippen LogP contribution in [-0.4, -0.2) is 13.2 Å². The molecule has 1 aliphatic carbocycles. The van der Waals surface area contributed by atoms with Gasteiger partial charge in [-0.25, -0.2) is 0 Å². The van der Waals surface area contributed by atoms with Gasteiger partial charge in [0.15, 0.2) is 0 Å². The van der Waals surface area contributed by atoms with E-state index in [1.165, 1.54) is 24.8 Å². The molecule has 1 aliphatic rings. The molecule has 0 bridgehead atoms. The first-order valence-corrected chi connectivity index (χ1v) is 7.73. The lowest BCUT2D eigenvalue weighted by Crippen LogP contribution is -2.29. The highest BCUT2D eigenvalue weighted by Gasteiger charge is 2.34. The maximum Gasteiger partial charge on any atom is 0.124 e. The van der Waals surface area contributed by atoms with Gasteiger partial charge in [0, 0.05) is 11.6 Å². The van der Waals surface area contributed by atoms with Crippen LogP contribution in [0, 0.1) is 11.8 Å². The number of rotatable bonds is 8. The Morgan fingerprint density at radius 2 is 2.00 bits per heavy atom. The number of nitrogens with one attached hydrogen (secondary N) is 1. The molecule has 1 aromatic carbocycles. The zero-order valence-corrected chi connectivity index (χ0v) is 12.5. The van der Waals surface area contributed by atoms with Crippen molar-refractivity contribution in [3.63, 3.8) is 0 Å². The molecule has 0 amide bonds. The first-order chi connectivity index (χ1) is 9.27. The molecular weight excluding hydrogens is 234 g/mol. The summed E-state index contributed by atoms with van der Waals surface area (Å²) < 4.78 is 5.81. The molecule has 0 heterocycles. The first-order valence-electron chi connectivity index (χ1n) is 7.73. The van der Waals surface area contributed by atoms with E-state index >= 15 is 0 Å². The lowest BCUT2D eigenvalue weighted by atomic mass is 9.90. The average Bonchev–Trinajstić information content (AvgIpc) is 3.25. The zero-order valence-electron chi connectivity index (χ0n) is 12.5. The average molecular weight is 261 g/mol. The fourth-order valence-electron chi connectivity index (χ4n) is 2.80. The van der Waals surface area contributed by atoms with Crippen LogP contribution in [0.4, 0.5) is 0 Å². The molecule has 2 unspecified atom stereocenters. The van der Waals surface area contributed by atoms with Crippen LogP contribution in [0.15, 0.2) is 24.3 Å². The van der Waals surface area contributed by atoms with Crippen molar-refractivity contribution in [2.75, 3.05) is 13.2 Å². The van der Waals surface area contributed by atoms with Crippen molar-refractivity contribution in [3.05, 3.63) is 29.8 Å². The number of hydrogen-bond acceptors (Lipinski definition) is 2. The van der Waals surface area contributed by atoms with Gasteiger partial charge in [-0.2, -0.15) is 0 Å². The summed E-state index contributed by atoms with van der Waals surface area (Å²) in [7, 11) is 0. The predicted octanol–water partition coefficient (Wildman–Crippen LogP) is 4.17. The molecule has 106 valence electrons. The summed E-state index contributed by atoms with van der Waals surface area (Å²) in [6.45, 7) is 8.46. The van der Waals surface area contributed by atoms with E-state index in [9.17, 15) is 0 Å². The Bertz CT molecular complexity index is 387. The molecule has 19 heavy (non-hydrogen) atoms. The summed E-state index contributed by atoms with van der Waals surface area (Å²) in [6.07, 6.45) is 3.95. The van der Waals surface area contributed by atoms with Crippen LogP contribution in [0.3, 0.4) is 0 Å². The summed E-state index contributed by atoms with van der Waals surface area (Å²) in [5.74, 6) is 2.63. The molecule has 2 nitrogen and oxygen atoms in total. The number of ether oxygens (including phenoxy) is 1. The Hall–Kier alpha value is -1.02. The van der Waals surface area contributed by atoms with E-state index in [2.05, 4.69) is 50.4 Å². The monoisotopic (exact) mass is 261 g/mol. The Balaban J connectivity index is 2.20. The Labute approximate surface area is 117 Å². The van der Waals surface area contributed by atoms with Gasteiger partial charge in [0.05, 0.1) is 6.61 Å². The summed E-state index contributed by atoms with van der Waals surface area (Å²) in [4.78, 5) is 0. The molecule has 0 radical (unpaired) electrons.